The van der Waals surface area contributed by atoms with Crippen molar-refractivity contribution < 1.29 is 27.1 Å². The minimum atomic E-state index is -4.64. The Morgan fingerprint density at radius 3 is 2.78 bits per heavy atom. The lowest BCUT2D eigenvalue weighted by atomic mass is 10.1. The van der Waals surface area contributed by atoms with Gasteiger partial charge in [-0.3, -0.25) is 4.68 Å². The average molecular weight is 399 g/mol. The van der Waals surface area contributed by atoms with Crippen molar-refractivity contribution in [2.75, 3.05) is 6.61 Å². The third-order valence-electron chi connectivity index (χ3n) is 3.51. The van der Waals surface area contributed by atoms with Crippen LogP contribution in [0.2, 0.25) is 0 Å². The van der Waals surface area contributed by atoms with Crippen LogP contribution < -0.4 is 0 Å². The Morgan fingerprint density at radius 1 is 1.30 bits per heavy atom. The lowest BCUT2D eigenvalue weighted by Gasteiger charge is -2.08. The van der Waals surface area contributed by atoms with E-state index < -0.39 is 23.5 Å². The lowest BCUT2D eigenvalue weighted by molar-refractivity contribution is -0.137. The number of ether oxygens (including phenoxy) is 1. The van der Waals surface area contributed by atoms with Crippen LogP contribution in [-0.4, -0.2) is 27.3 Å². The van der Waals surface area contributed by atoms with Crippen molar-refractivity contribution in [3.05, 3.63) is 57.9 Å². The van der Waals surface area contributed by atoms with Gasteiger partial charge in [-0.05, 0) is 25.1 Å². The molecule has 0 aliphatic rings. The van der Waals surface area contributed by atoms with Crippen LogP contribution in [0, 0.1) is 5.82 Å². The molecule has 0 saturated carbocycles. The van der Waals surface area contributed by atoms with Gasteiger partial charge in [0.1, 0.15) is 10.8 Å². The van der Waals surface area contributed by atoms with Crippen LogP contribution in [0.15, 0.2) is 36.0 Å². The van der Waals surface area contributed by atoms with Crippen molar-refractivity contribution in [1.29, 1.82) is 0 Å². The van der Waals surface area contributed by atoms with Gasteiger partial charge in [0.05, 0.1) is 36.2 Å². The van der Waals surface area contributed by atoms with Gasteiger partial charge in [0, 0.05) is 17.1 Å². The summed E-state index contributed by atoms with van der Waals surface area (Å²) in [6, 6.07) is 2.30. The molecule has 0 saturated heterocycles. The second kappa shape index (κ2) is 7.47. The number of halogens is 4. The van der Waals surface area contributed by atoms with E-state index in [1.807, 2.05) is 0 Å². The van der Waals surface area contributed by atoms with Gasteiger partial charge in [-0.25, -0.2) is 14.2 Å². The molecule has 3 aromatic rings. The number of hydrogen-bond acceptors (Lipinski definition) is 5. The fourth-order valence-corrected chi connectivity index (χ4v) is 3.12. The molecule has 2 aromatic heterocycles. The SMILES string of the molecule is CCOC(=O)c1cnn(Cc2nc(-c3cc(F)cc(C(F)(F)F)c3)cs2)c1. The normalized spacial score (nSPS) is 11.6. The van der Waals surface area contributed by atoms with Crippen LogP contribution in [0.25, 0.3) is 11.3 Å². The molecule has 3 rings (SSSR count). The monoisotopic (exact) mass is 399 g/mol. The topological polar surface area (TPSA) is 57.0 Å². The van der Waals surface area contributed by atoms with E-state index in [4.69, 9.17) is 4.74 Å². The van der Waals surface area contributed by atoms with E-state index in [-0.39, 0.29) is 30.0 Å². The second-order valence-corrected chi connectivity index (χ2v) is 6.44. The molecule has 0 aliphatic carbocycles. The van der Waals surface area contributed by atoms with E-state index >= 15 is 0 Å². The summed E-state index contributed by atoms with van der Waals surface area (Å²) in [6.45, 7) is 2.15. The molecule has 0 spiro atoms. The number of rotatable bonds is 5. The predicted octanol–water partition coefficient (Wildman–Crippen LogP) is 4.39. The summed E-state index contributed by atoms with van der Waals surface area (Å²) in [5.74, 6) is -1.48. The summed E-state index contributed by atoms with van der Waals surface area (Å²) in [4.78, 5) is 15.9. The van der Waals surface area contributed by atoms with E-state index in [1.54, 1.807) is 12.3 Å². The number of hydrogen-bond donors (Lipinski definition) is 0. The number of alkyl halides is 3. The molecule has 142 valence electrons. The number of esters is 1. The maximum absolute atomic E-state index is 13.6. The Kier molecular flexibility index (Phi) is 5.26. The highest BCUT2D eigenvalue weighted by Crippen LogP contribution is 2.33. The largest absolute Gasteiger partial charge is 0.462 e. The van der Waals surface area contributed by atoms with Gasteiger partial charge in [-0.2, -0.15) is 18.3 Å². The van der Waals surface area contributed by atoms with Crippen LogP contribution in [0.5, 0.6) is 0 Å². The lowest BCUT2D eigenvalue weighted by Crippen LogP contribution is -2.05. The molecule has 0 unspecified atom stereocenters. The van der Waals surface area contributed by atoms with Gasteiger partial charge in [0.25, 0.3) is 0 Å². The molecule has 0 amide bonds. The molecule has 5 nitrogen and oxygen atoms in total. The Labute approximate surface area is 155 Å². The highest BCUT2D eigenvalue weighted by atomic mass is 32.1. The third kappa shape index (κ3) is 4.51. The molecule has 0 radical (unpaired) electrons. The van der Waals surface area contributed by atoms with Gasteiger partial charge in [-0.1, -0.05) is 0 Å². The number of carbonyl (C=O) groups excluding carboxylic acids is 1. The maximum Gasteiger partial charge on any atom is 0.416 e. The van der Waals surface area contributed by atoms with Crippen molar-refractivity contribution in [3.8, 4) is 11.3 Å². The Hall–Kier alpha value is -2.75. The summed E-state index contributed by atoms with van der Waals surface area (Å²) in [5, 5.41) is 6.12. The maximum atomic E-state index is 13.6. The standard InChI is InChI=1S/C17H13F4N3O2S/c1-2-26-16(25)11-6-22-24(7-11)8-15-23-14(9-27-15)10-3-12(17(19,20)21)5-13(18)4-10/h3-7,9H,2,8H2,1H3. The Bertz CT molecular complexity index is 965. The Balaban J connectivity index is 1.80. The summed E-state index contributed by atoms with van der Waals surface area (Å²) in [7, 11) is 0. The number of benzene rings is 1. The van der Waals surface area contributed by atoms with E-state index in [0.717, 1.165) is 12.1 Å². The Morgan fingerprint density at radius 2 is 2.07 bits per heavy atom. The highest BCUT2D eigenvalue weighted by molar-refractivity contribution is 7.09. The number of carbonyl (C=O) groups is 1. The van der Waals surface area contributed by atoms with Gasteiger partial charge in [0.15, 0.2) is 0 Å². The minimum absolute atomic E-state index is 0.0394. The molecular formula is C17H13F4N3O2S. The summed E-state index contributed by atoms with van der Waals surface area (Å²) >= 11 is 1.19. The zero-order chi connectivity index (χ0) is 19.6. The van der Waals surface area contributed by atoms with Crippen molar-refractivity contribution in [2.45, 2.75) is 19.6 Å². The fraction of sp³-hybridized carbons (Fsp3) is 0.235. The molecular weight excluding hydrogens is 386 g/mol. The van der Waals surface area contributed by atoms with E-state index in [9.17, 15) is 22.4 Å². The number of thiazole rings is 1. The van der Waals surface area contributed by atoms with Crippen molar-refractivity contribution in [1.82, 2.24) is 14.8 Å². The van der Waals surface area contributed by atoms with Gasteiger partial charge in [0.2, 0.25) is 0 Å². The van der Waals surface area contributed by atoms with Crippen LogP contribution in [0.1, 0.15) is 27.9 Å². The molecule has 0 N–H and O–H groups in total. The van der Waals surface area contributed by atoms with Crippen LogP contribution in [0.4, 0.5) is 17.6 Å². The van der Waals surface area contributed by atoms with E-state index in [1.165, 1.54) is 28.4 Å². The molecule has 0 aliphatic heterocycles. The molecule has 10 heteroatoms. The van der Waals surface area contributed by atoms with Gasteiger partial charge < -0.3 is 4.74 Å². The summed E-state index contributed by atoms with van der Waals surface area (Å²) < 4.78 is 58.4. The average Bonchev–Trinajstić information content (AvgIpc) is 3.24. The molecule has 2 heterocycles. The predicted molar refractivity (Wildman–Crippen MR) is 89.8 cm³/mol. The van der Waals surface area contributed by atoms with Crippen molar-refractivity contribution in [3.63, 3.8) is 0 Å². The smallest absolute Gasteiger partial charge is 0.416 e. The first kappa shape index (κ1) is 19.0. The van der Waals surface area contributed by atoms with E-state index in [2.05, 4.69) is 10.1 Å². The van der Waals surface area contributed by atoms with Crippen LogP contribution in [-0.2, 0) is 17.5 Å². The first-order chi connectivity index (χ1) is 12.8. The van der Waals surface area contributed by atoms with Gasteiger partial charge in [-0.15, -0.1) is 11.3 Å². The third-order valence-corrected chi connectivity index (χ3v) is 4.35. The van der Waals surface area contributed by atoms with Crippen molar-refractivity contribution >= 4 is 17.3 Å². The minimum Gasteiger partial charge on any atom is -0.462 e. The molecule has 0 fully saturated rings. The number of aromatic nitrogens is 3. The quantitative estimate of drug-likeness (QED) is 0.472. The van der Waals surface area contributed by atoms with Crippen LogP contribution in [0.3, 0.4) is 0 Å². The number of nitrogens with zero attached hydrogens (tertiary/aromatic N) is 3. The van der Waals surface area contributed by atoms with Crippen molar-refractivity contribution in [2.24, 2.45) is 0 Å². The molecule has 27 heavy (non-hydrogen) atoms. The van der Waals surface area contributed by atoms with E-state index in [0.29, 0.717) is 11.1 Å². The molecule has 0 bridgehead atoms. The summed E-state index contributed by atoms with van der Waals surface area (Å²) in [6.07, 6.45) is -1.80. The molecule has 1 aromatic carbocycles. The first-order valence-corrected chi connectivity index (χ1v) is 8.66. The second-order valence-electron chi connectivity index (χ2n) is 5.50. The highest BCUT2D eigenvalue weighted by Gasteiger charge is 2.31. The van der Waals surface area contributed by atoms with Gasteiger partial charge >= 0.3 is 12.1 Å². The summed E-state index contributed by atoms with van der Waals surface area (Å²) in [5.41, 5.74) is -0.512. The molecule has 0 atom stereocenters. The fourth-order valence-electron chi connectivity index (χ4n) is 2.33. The first-order valence-electron chi connectivity index (χ1n) is 7.78. The zero-order valence-corrected chi connectivity index (χ0v) is 14.8. The van der Waals surface area contributed by atoms with Crippen LogP contribution >= 0.6 is 11.3 Å². The zero-order valence-electron chi connectivity index (χ0n) is 14.0.